The van der Waals surface area contributed by atoms with Crippen LogP contribution in [0.3, 0.4) is 0 Å². The number of aryl methyl sites for hydroxylation is 1. The molecule has 0 fully saturated rings. The summed E-state index contributed by atoms with van der Waals surface area (Å²) in [7, 11) is 3.42. The van der Waals surface area contributed by atoms with Crippen molar-refractivity contribution < 1.29 is 13.9 Å². The zero-order valence-electron chi connectivity index (χ0n) is 12.2. The van der Waals surface area contributed by atoms with E-state index < -0.39 is 0 Å². The Hall–Kier alpha value is -2.23. The Balaban J connectivity index is 2.27. The first-order chi connectivity index (χ1) is 9.56. The highest BCUT2D eigenvalue weighted by Gasteiger charge is 2.23. The number of benzene rings is 1. The van der Waals surface area contributed by atoms with Gasteiger partial charge in [-0.2, -0.15) is 0 Å². The fraction of sp³-hybridized carbons (Fsp3) is 0.312. The molecular weight excluding hydrogens is 254 g/mol. The van der Waals surface area contributed by atoms with Crippen LogP contribution in [0.15, 0.2) is 41.0 Å². The van der Waals surface area contributed by atoms with Crippen LogP contribution < -0.4 is 4.74 Å². The van der Waals surface area contributed by atoms with Crippen molar-refractivity contribution in [1.82, 2.24) is 4.90 Å². The molecule has 0 aliphatic rings. The number of nitrogens with zero attached hydrogens (tertiary/aromatic N) is 1. The summed E-state index contributed by atoms with van der Waals surface area (Å²) in [6.45, 7) is 3.76. The molecular formula is C16H19NO3. The molecule has 0 radical (unpaired) electrons. The first kappa shape index (κ1) is 14.2. The summed E-state index contributed by atoms with van der Waals surface area (Å²) in [5.41, 5.74) is 1.57. The molecule has 1 aromatic carbocycles. The van der Waals surface area contributed by atoms with Crippen LogP contribution in [-0.2, 0) is 0 Å². The predicted octanol–water partition coefficient (Wildman–Crippen LogP) is 3.43. The number of hydrogen-bond acceptors (Lipinski definition) is 3. The number of carbonyl (C=O) groups is 1. The fourth-order valence-corrected chi connectivity index (χ4v) is 2.19. The van der Waals surface area contributed by atoms with Crippen LogP contribution in [0.1, 0.15) is 34.6 Å². The summed E-state index contributed by atoms with van der Waals surface area (Å²) in [5, 5.41) is 0. The third kappa shape index (κ3) is 2.54. The highest BCUT2D eigenvalue weighted by molar-refractivity contribution is 5.95. The van der Waals surface area contributed by atoms with Gasteiger partial charge in [0.15, 0.2) is 0 Å². The van der Waals surface area contributed by atoms with Gasteiger partial charge >= 0.3 is 0 Å². The van der Waals surface area contributed by atoms with Crippen molar-refractivity contribution in [3.63, 3.8) is 0 Å². The normalized spacial score (nSPS) is 12.0. The molecule has 4 heteroatoms. The van der Waals surface area contributed by atoms with Crippen molar-refractivity contribution in [3.05, 3.63) is 53.5 Å². The summed E-state index contributed by atoms with van der Waals surface area (Å²) < 4.78 is 10.5. The van der Waals surface area contributed by atoms with Gasteiger partial charge in [-0.15, -0.1) is 0 Å². The Bertz CT molecular complexity index is 603. The number of hydrogen-bond donors (Lipinski definition) is 0. The minimum absolute atomic E-state index is 0.0605. The van der Waals surface area contributed by atoms with E-state index in [1.165, 1.54) is 6.26 Å². The van der Waals surface area contributed by atoms with Crippen molar-refractivity contribution >= 4 is 5.91 Å². The molecule has 1 aromatic heterocycles. The van der Waals surface area contributed by atoms with Crippen molar-refractivity contribution in [2.24, 2.45) is 0 Å². The molecule has 0 aliphatic carbocycles. The van der Waals surface area contributed by atoms with Gasteiger partial charge in [-0.3, -0.25) is 4.79 Å². The quantitative estimate of drug-likeness (QED) is 0.857. The van der Waals surface area contributed by atoms with Crippen molar-refractivity contribution in [2.45, 2.75) is 19.9 Å². The topological polar surface area (TPSA) is 42.7 Å². The average Bonchev–Trinajstić information content (AvgIpc) is 2.91. The van der Waals surface area contributed by atoms with E-state index in [1.54, 1.807) is 32.0 Å². The molecule has 2 rings (SSSR count). The Morgan fingerprint density at radius 3 is 2.60 bits per heavy atom. The van der Waals surface area contributed by atoms with Crippen molar-refractivity contribution in [1.29, 1.82) is 0 Å². The number of para-hydroxylation sites is 1. The van der Waals surface area contributed by atoms with Crippen LogP contribution >= 0.6 is 0 Å². The van der Waals surface area contributed by atoms with Gasteiger partial charge in [0, 0.05) is 12.6 Å². The van der Waals surface area contributed by atoms with Gasteiger partial charge in [0.2, 0.25) is 0 Å². The smallest absolute Gasteiger partial charge is 0.257 e. The molecule has 0 unspecified atom stereocenters. The lowest BCUT2D eigenvalue weighted by atomic mass is 10.1. The fourth-order valence-electron chi connectivity index (χ4n) is 2.19. The summed E-state index contributed by atoms with van der Waals surface area (Å²) in [6.07, 6.45) is 1.53. The van der Waals surface area contributed by atoms with Gasteiger partial charge in [-0.05, 0) is 26.0 Å². The zero-order chi connectivity index (χ0) is 14.7. The van der Waals surface area contributed by atoms with Gasteiger partial charge in [-0.1, -0.05) is 18.2 Å². The molecule has 106 valence electrons. The number of carbonyl (C=O) groups excluding carboxylic acids is 1. The maximum atomic E-state index is 12.5. The predicted molar refractivity (Wildman–Crippen MR) is 76.9 cm³/mol. The molecule has 1 amide bonds. The summed E-state index contributed by atoms with van der Waals surface area (Å²) in [6, 6.07) is 9.33. The monoisotopic (exact) mass is 273 g/mol. The molecule has 2 aromatic rings. The number of methoxy groups -OCH3 is 1. The largest absolute Gasteiger partial charge is 0.496 e. The van der Waals surface area contributed by atoms with Gasteiger partial charge in [0.05, 0.1) is 25.0 Å². The number of ether oxygens (including phenoxy) is 1. The molecule has 0 saturated carbocycles. The Labute approximate surface area is 119 Å². The molecule has 0 bridgehead atoms. The van der Waals surface area contributed by atoms with E-state index in [0.717, 1.165) is 11.3 Å². The van der Waals surface area contributed by atoms with E-state index in [0.29, 0.717) is 11.3 Å². The van der Waals surface area contributed by atoms with Gasteiger partial charge in [-0.25, -0.2) is 0 Å². The first-order valence-corrected chi connectivity index (χ1v) is 6.50. The minimum Gasteiger partial charge on any atom is -0.496 e. The van der Waals surface area contributed by atoms with E-state index >= 15 is 0 Å². The van der Waals surface area contributed by atoms with Crippen LogP contribution in [0.5, 0.6) is 5.75 Å². The second-order valence-electron chi connectivity index (χ2n) is 4.72. The lowest BCUT2D eigenvalue weighted by molar-refractivity contribution is 0.0739. The second kappa shape index (κ2) is 5.82. The summed E-state index contributed by atoms with van der Waals surface area (Å²) >= 11 is 0. The van der Waals surface area contributed by atoms with Crippen molar-refractivity contribution in [2.75, 3.05) is 14.2 Å². The van der Waals surface area contributed by atoms with E-state index in [-0.39, 0.29) is 11.9 Å². The van der Waals surface area contributed by atoms with Gasteiger partial charge in [0.25, 0.3) is 5.91 Å². The van der Waals surface area contributed by atoms with Crippen LogP contribution in [0.4, 0.5) is 0 Å². The van der Waals surface area contributed by atoms with Crippen LogP contribution in [0.2, 0.25) is 0 Å². The number of furan rings is 1. The molecule has 0 aliphatic heterocycles. The minimum atomic E-state index is -0.0899. The highest BCUT2D eigenvalue weighted by atomic mass is 16.5. The number of rotatable bonds is 4. The second-order valence-corrected chi connectivity index (χ2v) is 4.72. The lowest BCUT2D eigenvalue weighted by Gasteiger charge is -2.26. The molecule has 0 saturated heterocycles. The standard InChI is InChI=1S/C16H19NO3/c1-11(13-7-5-6-8-15(13)19-4)17(3)16(18)14-9-10-20-12(14)2/h5-11H,1-4H3/t11-/m0/s1. The third-order valence-corrected chi connectivity index (χ3v) is 3.58. The third-order valence-electron chi connectivity index (χ3n) is 3.58. The Kier molecular flexibility index (Phi) is 4.13. The van der Waals surface area contributed by atoms with Crippen molar-refractivity contribution in [3.8, 4) is 5.75 Å². The lowest BCUT2D eigenvalue weighted by Crippen LogP contribution is -2.30. The molecule has 1 atom stereocenters. The average molecular weight is 273 g/mol. The maximum absolute atomic E-state index is 12.5. The molecule has 1 heterocycles. The van der Waals surface area contributed by atoms with E-state index in [4.69, 9.17) is 9.15 Å². The maximum Gasteiger partial charge on any atom is 0.257 e. The van der Waals surface area contributed by atoms with E-state index in [9.17, 15) is 4.79 Å². The molecule has 20 heavy (non-hydrogen) atoms. The van der Waals surface area contributed by atoms with Gasteiger partial charge < -0.3 is 14.1 Å². The van der Waals surface area contributed by atoms with E-state index in [2.05, 4.69) is 0 Å². The first-order valence-electron chi connectivity index (χ1n) is 6.50. The Morgan fingerprint density at radius 1 is 1.30 bits per heavy atom. The highest BCUT2D eigenvalue weighted by Crippen LogP contribution is 2.29. The summed E-state index contributed by atoms with van der Waals surface area (Å²) in [5.74, 6) is 1.35. The van der Waals surface area contributed by atoms with E-state index in [1.807, 2.05) is 31.2 Å². The molecule has 0 spiro atoms. The number of amides is 1. The van der Waals surface area contributed by atoms with Crippen LogP contribution in [0.25, 0.3) is 0 Å². The SMILES string of the molecule is COc1ccccc1[C@H](C)N(C)C(=O)c1ccoc1C. The van der Waals surface area contributed by atoms with Crippen LogP contribution in [-0.4, -0.2) is 25.0 Å². The zero-order valence-corrected chi connectivity index (χ0v) is 12.2. The summed E-state index contributed by atoms with van der Waals surface area (Å²) in [4.78, 5) is 14.2. The molecule has 4 nitrogen and oxygen atoms in total. The van der Waals surface area contributed by atoms with Gasteiger partial charge in [0.1, 0.15) is 11.5 Å². The Morgan fingerprint density at radius 2 is 2.00 bits per heavy atom. The van der Waals surface area contributed by atoms with Crippen LogP contribution in [0, 0.1) is 6.92 Å². The molecule has 0 N–H and O–H groups in total.